The van der Waals surface area contributed by atoms with Crippen LogP contribution >= 0.6 is 0 Å². The normalized spacial score (nSPS) is 24.0. The highest BCUT2D eigenvalue weighted by atomic mass is 16.7. The van der Waals surface area contributed by atoms with Crippen LogP contribution in [0.15, 0.2) is 0 Å². The minimum atomic E-state index is -0.731. The van der Waals surface area contributed by atoms with Crippen molar-refractivity contribution in [1.29, 1.82) is 5.26 Å². The van der Waals surface area contributed by atoms with E-state index in [-0.39, 0.29) is 5.91 Å². The van der Waals surface area contributed by atoms with E-state index < -0.39 is 11.3 Å². The van der Waals surface area contributed by atoms with Gasteiger partial charge >= 0.3 is 0 Å². The zero-order chi connectivity index (χ0) is 13.8. The number of hydrogen-bond donors (Lipinski definition) is 1. The predicted molar refractivity (Wildman–Crippen MR) is 69.1 cm³/mol. The Hall–Kier alpha value is -1.12. The van der Waals surface area contributed by atoms with E-state index in [2.05, 4.69) is 11.4 Å². The molecule has 1 aliphatic carbocycles. The van der Waals surface area contributed by atoms with Crippen LogP contribution in [0.3, 0.4) is 0 Å². The molecule has 1 saturated carbocycles. The maximum absolute atomic E-state index is 11.8. The molecule has 1 heterocycles. The van der Waals surface area contributed by atoms with Crippen LogP contribution in [0, 0.1) is 11.3 Å². The number of carbonyl (C=O) groups excluding carboxylic acids is 1. The molecule has 1 saturated heterocycles. The second kappa shape index (κ2) is 5.89. The molecule has 0 aromatic heterocycles. The lowest BCUT2D eigenvalue weighted by atomic mass is 9.79. The van der Waals surface area contributed by atoms with E-state index in [0.717, 1.165) is 12.8 Å². The third-order valence-electron chi connectivity index (χ3n) is 4.03. The Bertz CT molecular complexity index is 359. The van der Waals surface area contributed by atoms with Gasteiger partial charge in [0.1, 0.15) is 5.54 Å². The Morgan fingerprint density at radius 1 is 1.26 bits per heavy atom. The molecule has 1 aliphatic heterocycles. The Kier molecular flexibility index (Phi) is 4.43. The summed E-state index contributed by atoms with van der Waals surface area (Å²) in [5, 5.41) is 12.3. The van der Waals surface area contributed by atoms with Gasteiger partial charge in [0.15, 0.2) is 5.79 Å². The molecule has 5 nitrogen and oxygen atoms in total. The van der Waals surface area contributed by atoms with Gasteiger partial charge in [0.05, 0.1) is 19.3 Å². The lowest BCUT2D eigenvalue weighted by molar-refractivity contribution is -0.183. The minimum Gasteiger partial charge on any atom is -0.348 e. The third-order valence-corrected chi connectivity index (χ3v) is 4.03. The number of carbonyl (C=O) groups is 1. The lowest BCUT2D eigenvalue weighted by Crippen LogP contribution is -2.53. The molecule has 106 valence electrons. The molecule has 1 N–H and O–H groups in total. The van der Waals surface area contributed by atoms with Gasteiger partial charge in [-0.05, 0) is 19.3 Å². The molecule has 2 aliphatic rings. The maximum Gasteiger partial charge on any atom is 0.221 e. The van der Waals surface area contributed by atoms with E-state index in [0.29, 0.717) is 45.3 Å². The van der Waals surface area contributed by atoms with E-state index in [1.807, 2.05) is 6.92 Å². The fourth-order valence-electron chi connectivity index (χ4n) is 2.77. The van der Waals surface area contributed by atoms with Crippen LogP contribution in [0.5, 0.6) is 0 Å². The van der Waals surface area contributed by atoms with Crippen molar-refractivity contribution in [3.8, 4) is 6.07 Å². The van der Waals surface area contributed by atoms with Gasteiger partial charge in [-0.3, -0.25) is 4.79 Å². The fourth-order valence-corrected chi connectivity index (χ4v) is 2.77. The van der Waals surface area contributed by atoms with E-state index >= 15 is 0 Å². The molecule has 0 aromatic rings. The molecule has 1 spiro atoms. The van der Waals surface area contributed by atoms with Crippen molar-refractivity contribution in [1.82, 2.24) is 5.32 Å². The molecule has 5 heteroatoms. The van der Waals surface area contributed by atoms with E-state index in [1.54, 1.807) is 0 Å². The summed E-state index contributed by atoms with van der Waals surface area (Å²) in [6, 6.07) is 2.29. The largest absolute Gasteiger partial charge is 0.348 e. The number of rotatable bonds is 4. The molecular weight excluding hydrogens is 244 g/mol. The van der Waals surface area contributed by atoms with Gasteiger partial charge in [0.25, 0.3) is 0 Å². The quantitative estimate of drug-likeness (QED) is 0.843. The Labute approximate surface area is 114 Å². The van der Waals surface area contributed by atoms with Crippen molar-refractivity contribution in [3.05, 3.63) is 0 Å². The number of hydrogen-bond acceptors (Lipinski definition) is 4. The molecule has 19 heavy (non-hydrogen) atoms. The van der Waals surface area contributed by atoms with Gasteiger partial charge in [-0.15, -0.1) is 0 Å². The molecule has 0 aromatic carbocycles. The summed E-state index contributed by atoms with van der Waals surface area (Å²) in [5.41, 5.74) is -0.731. The minimum absolute atomic E-state index is 0.0207. The number of unbranched alkanes of at least 4 members (excludes halogenated alkanes) is 1. The molecule has 0 radical (unpaired) electrons. The summed E-state index contributed by atoms with van der Waals surface area (Å²) in [6.07, 6.45) is 4.89. The topological polar surface area (TPSA) is 71.4 Å². The second-order valence-corrected chi connectivity index (χ2v) is 5.45. The number of nitrogens with one attached hydrogen (secondary N) is 1. The first-order chi connectivity index (χ1) is 9.14. The van der Waals surface area contributed by atoms with Gasteiger partial charge < -0.3 is 14.8 Å². The number of amides is 1. The van der Waals surface area contributed by atoms with Gasteiger partial charge in [-0.25, -0.2) is 0 Å². The molecule has 0 unspecified atom stereocenters. The predicted octanol–water partition coefficient (Wildman–Crippen LogP) is 1.87. The average molecular weight is 266 g/mol. The smallest absolute Gasteiger partial charge is 0.221 e. The number of nitrogens with zero attached hydrogens (tertiary/aromatic N) is 1. The van der Waals surface area contributed by atoms with Crippen LogP contribution < -0.4 is 5.32 Å². The summed E-state index contributed by atoms with van der Waals surface area (Å²) < 4.78 is 11.3. The van der Waals surface area contributed by atoms with Crippen LogP contribution in [0.25, 0.3) is 0 Å². The van der Waals surface area contributed by atoms with Gasteiger partial charge in [-0.2, -0.15) is 5.26 Å². The Balaban J connectivity index is 1.90. The highest BCUT2D eigenvalue weighted by molar-refractivity contribution is 5.77. The summed E-state index contributed by atoms with van der Waals surface area (Å²) in [5.74, 6) is -0.512. The molecule has 2 rings (SSSR count). The van der Waals surface area contributed by atoms with Crippen molar-refractivity contribution in [3.63, 3.8) is 0 Å². The van der Waals surface area contributed by atoms with E-state index in [1.165, 1.54) is 0 Å². The zero-order valence-electron chi connectivity index (χ0n) is 11.5. The summed E-state index contributed by atoms with van der Waals surface area (Å²) in [7, 11) is 0. The Morgan fingerprint density at radius 2 is 1.89 bits per heavy atom. The molecule has 0 bridgehead atoms. The van der Waals surface area contributed by atoms with Crippen molar-refractivity contribution in [2.45, 2.75) is 63.2 Å². The summed E-state index contributed by atoms with van der Waals surface area (Å²) >= 11 is 0. The lowest BCUT2D eigenvalue weighted by Gasteiger charge is -2.40. The molecular formula is C14H22N2O3. The van der Waals surface area contributed by atoms with Crippen molar-refractivity contribution in [2.75, 3.05) is 13.2 Å². The first-order valence-electron chi connectivity index (χ1n) is 7.14. The van der Waals surface area contributed by atoms with Crippen LogP contribution in [-0.2, 0) is 14.3 Å². The van der Waals surface area contributed by atoms with E-state index in [4.69, 9.17) is 9.47 Å². The molecule has 1 amide bonds. The van der Waals surface area contributed by atoms with E-state index in [9.17, 15) is 10.1 Å². The Morgan fingerprint density at radius 3 is 2.42 bits per heavy atom. The standard InChI is InChI=1S/C14H22N2O3/c1-2-3-4-12(17)16-13(11-15)5-7-14(8-6-13)18-9-10-19-14/h2-10H2,1H3,(H,16,17). The van der Waals surface area contributed by atoms with Crippen molar-refractivity contribution in [2.24, 2.45) is 0 Å². The third kappa shape index (κ3) is 3.26. The number of nitriles is 1. The van der Waals surface area contributed by atoms with Crippen LogP contribution in [0.2, 0.25) is 0 Å². The average Bonchev–Trinajstić information content (AvgIpc) is 2.88. The summed E-state index contributed by atoms with van der Waals surface area (Å²) in [4.78, 5) is 11.8. The molecule has 0 atom stereocenters. The van der Waals surface area contributed by atoms with Crippen molar-refractivity contribution >= 4 is 5.91 Å². The van der Waals surface area contributed by atoms with Gasteiger partial charge in [0.2, 0.25) is 5.91 Å². The van der Waals surface area contributed by atoms with Crippen molar-refractivity contribution < 1.29 is 14.3 Å². The highest BCUT2D eigenvalue weighted by Gasteiger charge is 2.47. The van der Waals surface area contributed by atoms with Crippen LogP contribution in [0.1, 0.15) is 51.9 Å². The SMILES string of the molecule is CCCCC(=O)NC1(C#N)CCC2(CC1)OCCO2. The van der Waals surface area contributed by atoms with Gasteiger partial charge in [0, 0.05) is 19.3 Å². The second-order valence-electron chi connectivity index (χ2n) is 5.45. The first kappa shape index (κ1) is 14.3. The summed E-state index contributed by atoms with van der Waals surface area (Å²) in [6.45, 7) is 3.30. The monoisotopic (exact) mass is 266 g/mol. The number of ether oxygens (including phenoxy) is 2. The zero-order valence-corrected chi connectivity index (χ0v) is 11.5. The highest BCUT2D eigenvalue weighted by Crippen LogP contribution is 2.40. The van der Waals surface area contributed by atoms with Crippen LogP contribution in [0.4, 0.5) is 0 Å². The fraction of sp³-hybridized carbons (Fsp3) is 0.857. The maximum atomic E-state index is 11.8. The van der Waals surface area contributed by atoms with Gasteiger partial charge in [-0.1, -0.05) is 13.3 Å². The molecule has 2 fully saturated rings. The van der Waals surface area contributed by atoms with Crippen LogP contribution in [-0.4, -0.2) is 30.4 Å². The first-order valence-corrected chi connectivity index (χ1v) is 7.14.